The minimum Gasteiger partial charge on any atom is -0.390 e. The molecule has 0 spiro atoms. The lowest BCUT2D eigenvalue weighted by Gasteiger charge is -2.37. The summed E-state index contributed by atoms with van der Waals surface area (Å²) in [4.78, 5) is 20.2. The number of aliphatic hydroxyl groups is 1. The molecule has 0 amide bonds. The minimum absolute atomic E-state index is 0.0141. The van der Waals surface area contributed by atoms with Gasteiger partial charge in [0.15, 0.2) is 0 Å². The highest BCUT2D eigenvalue weighted by atomic mass is 19.4. The lowest BCUT2D eigenvalue weighted by Crippen LogP contribution is -2.42. The Morgan fingerprint density at radius 1 is 0.953 bits per heavy atom. The summed E-state index contributed by atoms with van der Waals surface area (Å²) < 4.78 is 50.2. The molecule has 2 aromatic carbocycles. The SMILES string of the molecule is Cn1cc(-c2cc3nc(C(C)(C)C)n(-c4cc(N5CCC(C)(O)CC5)c5c(c4)n(C)c(=O)n5C)c3cc2C(F)(F)F)cn1. The molecule has 1 aliphatic heterocycles. The predicted molar refractivity (Wildman–Crippen MR) is 161 cm³/mol. The fourth-order valence-electron chi connectivity index (χ4n) is 6.13. The van der Waals surface area contributed by atoms with Gasteiger partial charge in [-0.2, -0.15) is 18.3 Å². The van der Waals surface area contributed by atoms with Crippen LogP contribution in [0.5, 0.6) is 0 Å². The van der Waals surface area contributed by atoms with Crippen LogP contribution in [-0.4, -0.2) is 52.3 Å². The number of aromatic nitrogens is 6. The number of halogens is 3. The fourth-order valence-corrected chi connectivity index (χ4v) is 6.13. The normalized spacial score (nSPS) is 16.1. The first kappa shape index (κ1) is 29.0. The zero-order valence-corrected chi connectivity index (χ0v) is 25.4. The molecule has 12 heteroatoms. The number of aryl methyl sites for hydroxylation is 3. The second-order valence-corrected chi connectivity index (χ2v) is 13.0. The van der Waals surface area contributed by atoms with Gasteiger partial charge in [-0.25, -0.2) is 9.78 Å². The fraction of sp³-hybridized carbons (Fsp3) is 0.452. The molecule has 1 N–H and O–H groups in total. The van der Waals surface area contributed by atoms with Gasteiger partial charge in [0.2, 0.25) is 0 Å². The van der Waals surface area contributed by atoms with Crippen molar-refractivity contribution in [2.24, 2.45) is 21.1 Å². The highest BCUT2D eigenvalue weighted by Gasteiger charge is 2.36. The van der Waals surface area contributed by atoms with Crippen molar-refractivity contribution in [3.8, 4) is 16.8 Å². The molecule has 0 bridgehead atoms. The number of piperidine rings is 1. The summed E-state index contributed by atoms with van der Waals surface area (Å²) in [6.45, 7) is 8.88. The van der Waals surface area contributed by atoms with E-state index in [1.807, 2.05) is 39.8 Å². The molecule has 1 aliphatic rings. The van der Waals surface area contributed by atoms with Gasteiger partial charge in [-0.15, -0.1) is 0 Å². The maximum absolute atomic E-state index is 14.6. The van der Waals surface area contributed by atoms with E-state index in [0.717, 1.165) is 11.2 Å². The molecule has 3 aromatic heterocycles. The lowest BCUT2D eigenvalue weighted by molar-refractivity contribution is -0.137. The molecule has 228 valence electrons. The summed E-state index contributed by atoms with van der Waals surface area (Å²) in [5.41, 5.74) is 1.59. The molecular weight excluding hydrogens is 559 g/mol. The molecule has 0 atom stereocenters. The zero-order valence-electron chi connectivity index (χ0n) is 25.4. The van der Waals surface area contributed by atoms with Crippen LogP contribution < -0.4 is 10.6 Å². The van der Waals surface area contributed by atoms with E-state index >= 15 is 0 Å². The highest BCUT2D eigenvalue weighted by molar-refractivity contribution is 5.93. The van der Waals surface area contributed by atoms with E-state index in [2.05, 4.69) is 10.00 Å². The zero-order chi connectivity index (χ0) is 31.2. The van der Waals surface area contributed by atoms with E-state index in [1.54, 1.807) is 41.0 Å². The van der Waals surface area contributed by atoms with Gasteiger partial charge in [-0.1, -0.05) is 20.8 Å². The summed E-state index contributed by atoms with van der Waals surface area (Å²) in [5, 5.41) is 14.7. The molecule has 0 unspecified atom stereocenters. The minimum atomic E-state index is -4.63. The van der Waals surface area contributed by atoms with Crippen LogP contribution in [0.2, 0.25) is 0 Å². The van der Waals surface area contributed by atoms with E-state index in [0.29, 0.717) is 59.6 Å². The molecule has 9 nitrogen and oxygen atoms in total. The second-order valence-electron chi connectivity index (χ2n) is 13.0. The Morgan fingerprint density at radius 3 is 2.21 bits per heavy atom. The standard InChI is InChI=1S/C31H36F3N7O2/c1-29(2,3)27-36-22-14-20(18-16-35-37(5)17-18)21(31(32,33)34)15-23(22)41(27)19-12-24-26(39(7)28(42)38(24)6)25(13-19)40-10-8-30(4,43)9-11-40/h12-17,43H,8-11H2,1-7H3. The molecule has 0 aliphatic carbocycles. The van der Waals surface area contributed by atoms with Gasteiger partial charge >= 0.3 is 11.9 Å². The Kier molecular flexibility index (Phi) is 6.39. The Balaban J connectivity index is 1.68. The van der Waals surface area contributed by atoms with Crippen LogP contribution in [-0.2, 0) is 32.7 Å². The first-order valence-corrected chi connectivity index (χ1v) is 14.3. The van der Waals surface area contributed by atoms with Crippen molar-refractivity contribution < 1.29 is 18.3 Å². The number of nitrogens with zero attached hydrogens (tertiary/aromatic N) is 7. The van der Waals surface area contributed by atoms with Crippen molar-refractivity contribution in [3.05, 3.63) is 58.5 Å². The Labute approximate surface area is 246 Å². The monoisotopic (exact) mass is 595 g/mol. The molecule has 1 saturated heterocycles. The average Bonchev–Trinajstić information content (AvgIpc) is 3.58. The third-order valence-corrected chi connectivity index (χ3v) is 8.55. The molecule has 4 heterocycles. The van der Waals surface area contributed by atoms with E-state index < -0.39 is 22.8 Å². The van der Waals surface area contributed by atoms with Crippen LogP contribution in [0.25, 0.3) is 38.9 Å². The van der Waals surface area contributed by atoms with Crippen molar-refractivity contribution in [1.29, 1.82) is 0 Å². The van der Waals surface area contributed by atoms with Crippen LogP contribution in [0, 0.1) is 0 Å². The molecule has 5 aromatic rings. The largest absolute Gasteiger partial charge is 0.417 e. The smallest absolute Gasteiger partial charge is 0.390 e. The maximum atomic E-state index is 14.6. The number of imidazole rings is 2. The summed E-state index contributed by atoms with van der Waals surface area (Å²) >= 11 is 0. The van der Waals surface area contributed by atoms with Gasteiger partial charge in [-0.3, -0.25) is 18.4 Å². The first-order valence-electron chi connectivity index (χ1n) is 14.3. The van der Waals surface area contributed by atoms with Crippen LogP contribution in [0.3, 0.4) is 0 Å². The van der Waals surface area contributed by atoms with Crippen molar-refractivity contribution in [1.82, 2.24) is 28.5 Å². The van der Waals surface area contributed by atoms with E-state index in [1.165, 1.54) is 23.0 Å². The quantitative estimate of drug-likeness (QED) is 0.307. The van der Waals surface area contributed by atoms with Gasteiger partial charge < -0.3 is 10.0 Å². The summed E-state index contributed by atoms with van der Waals surface area (Å²) in [6, 6.07) is 6.44. The van der Waals surface area contributed by atoms with Gasteiger partial charge in [0, 0.05) is 51.4 Å². The Morgan fingerprint density at radius 2 is 1.63 bits per heavy atom. The molecule has 0 radical (unpaired) electrons. The number of rotatable bonds is 3. The van der Waals surface area contributed by atoms with Crippen molar-refractivity contribution in [2.45, 2.75) is 57.7 Å². The first-order chi connectivity index (χ1) is 20.0. The number of hydrogen-bond donors (Lipinski definition) is 1. The number of hydrogen-bond acceptors (Lipinski definition) is 5. The third-order valence-electron chi connectivity index (χ3n) is 8.55. The average molecular weight is 596 g/mol. The number of fused-ring (bicyclic) bond motifs is 2. The molecular formula is C31H36F3N7O2. The highest BCUT2D eigenvalue weighted by Crippen LogP contribution is 2.42. The number of alkyl halides is 3. The summed E-state index contributed by atoms with van der Waals surface area (Å²) in [6.07, 6.45) is -0.548. The topological polar surface area (TPSA) is 86.0 Å². The third kappa shape index (κ3) is 4.81. The Bertz CT molecular complexity index is 1940. The molecule has 1 fully saturated rings. The van der Waals surface area contributed by atoms with Crippen LogP contribution in [0.15, 0.2) is 41.5 Å². The molecule has 43 heavy (non-hydrogen) atoms. The molecule has 6 rings (SSSR count). The number of anilines is 1. The van der Waals surface area contributed by atoms with E-state index in [-0.39, 0.29) is 11.3 Å². The number of benzene rings is 2. The second kappa shape index (κ2) is 9.47. The van der Waals surface area contributed by atoms with E-state index in [9.17, 15) is 23.1 Å². The summed E-state index contributed by atoms with van der Waals surface area (Å²) in [7, 11) is 5.07. The lowest BCUT2D eigenvalue weighted by atomic mass is 9.93. The van der Waals surface area contributed by atoms with Crippen LogP contribution in [0.4, 0.5) is 18.9 Å². The van der Waals surface area contributed by atoms with Crippen molar-refractivity contribution in [3.63, 3.8) is 0 Å². The maximum Gasteiger partial charge on any atom is 0.417 e. The van der Waals surface area contributed by atoms with Gasteiger partial charge in [0.25, 0.3) is 0 Å². The van der Waals surface area contributed by atoms with Gasteiger partial charge in [0.05, 0.1) is 50.8 Å². The Hall–Kier alpha value is -4.06. The van der Waals surface area contributed by atoms with Crippen molar-refractivity contribution >= 4 is 27.8 Å². The van der Waals surface area contributed by atoms with Gasteiger partial charge in [-0.05, 0) is 49.6 Å². The van der Waals surface area contributed by atoms with Crippen molar-refractivity contribution in [2.75, 3.05) is 18.0 Å². The molecule has 0 saturated carbocycles. The van der Waals surface area contributed by atoms with Crippen LogP contribution in [0.1, 0.15) is 51.9 Å². The van der Waals surface area contributed by atoms with E-state index in [4.69, 9.17) is 4.98 Å². The predicted octanol–water partition coefficient (Wildman–Crippen LogP) is 5.28. The van der Waals surface area contributed by atoms with Crippen LogP contribution >= 0.6 is 0 Å². The van der Waals surface area contributed by atoms with Gasteiger partial charge in [0.1, 0.15) is 5.82 Å². The summed E-state index contributed by atoms with van der Waals surface area (Å²) in [5.74, 6) is 0.590.